The van der Waals surface area contributed by atoms with Crippen LogP contribution in [0.2, 0.25) is 0 Å². The highest BCUT2D eigenvalue weighted by molar-refractivity contribution is 5.77. The van der Waals surface area contributed by atoms with Crippen molar-refractivity contribution in [1.82, 2.24) is 10.6 Å². The lowest BCUT2D eigenvalue weighted by molar-refractivity contribution is -0.137. The van der Waals surface area contributed by atoms with Gasteiger partial charge in [0.2, 0.25) is 0 Å². The lowest BCUT2D eigenvalue weighted by Gasteiger charge is -2.13. The summed E-state index contributed by atoms with van der Waals surface area (Å²) in [6.45, 7) is 4.93. The van der Waals surface area contributed by atoms with Gasteiger partial charge in [0.1, 0.15) is 5.75 Å². The van der Waals surface area contributed by atoms with Crippen LogP contribution in [0.25, 0.3) is 0 Å². The molecule has 21 heavy (non-hydrogen) atoms. The van der Waals surface area contributed by atoms with Crippen LogP contribution >= 0.6 is 0 Å². The number of hydrogen-bond acceptors (Lipinski definition) is 3. The van der Waals surface area contributed by atoms with Crippen molar-refractivity contribution < 1.29 is 22.7 Å². The summed E-state index contributed by atoms with van der Waals surface area (Å²) < 4.78 is 42.2. The van der Waals surface area contributed by atoms with Crippen LogP contribution in [0.15, 0.2) is 24.3 Å². The number of benzene rings is 1. The summed E-state index contributed by atoms with van der Waals surface area (Å²) in [5.41, 5.74) is -0.751. The number of likely N-dealkylation sites (N-methyl/N-ethyl adjacent to an activating group) is 1. The Labute approximate surface area is 121 Å². The molecule has 1 rings (SSSR count). The van der Waals surface area contributed by atoms with Crippen molar-refractivity contribution in [3.8, 4) is 5.75 Å². The maximum absolute atomic E-state index is 12.4. The zero-order valence-corrected chi connectivity index (χ0v) is 12.0. The average Bonchev–Trinajstić information content (AvgIpc) is 2.43. The van der Waals surface area contributed by atoms with Gasteiger partial charge in [-0.15, -0.1) is 0 Å². The molecule has 0 aromatic heterocycles. The number of carbonyl (C=O) groups excluding carboxylic acids is 1. The summed E-state index contributed by atoms with van der Waals surface area (Å²) in [4.78, 5) is 11.5. The SMILES string of the molecule is CCN[C@H](C)CNC(=O)COc1ccc(C(F)(F)F)cc1. The molecular formula is C14H19F3N2O2. The van der Waals surface area contributed by atoms with E-state index in [0.29, 0.717) is 6.54 Å². The van der Waals surface area contributed by atoms with E-state index < -0.39 is 11.7 Å². The third-order valence-electron chi connectivity index (χ3n) is 2.71. The molecule has 1 atom stereocenters. The summed E-state index contributed by atoms with van der Waals surface area (Å²) >= 11 is 0. The van der Waals surface area contributed by atoms with Crippen molar-refractivity contribution in [3.05, 3.63) is 29.8 Å². The molecule has 1 aromatic rings. The Bertz CT molecular complexity index is 447. The first kappa shape index (κ1) is 17.3. The van der Waals surface area contributed by atoms with Gasteiger partial charge in [-0.1, -0.05) is 6.92 Å². The number of halogens is 3. The normalized spacial score (nSPS) is 12.8. The number of amides is 1. The van der Waals surface area contributed by atoms with Crippen molar-refractivity contribution in [1.29, 1.82) is 0 Å². The van der Waals surface area contributed by atoms with E-state index in [1.54, 1.807) is 0 Å². The van der Waals surface area contributed by atoms with Crippen LogP contribution in [0.3, 0.4) is 0 Å². The summed E-state index contributed by atoms with van der Waals surface area (Å²) in [7, 11) is 0. The Kier molecular flexibility index (Phi) is 6.48. The molecular weight excluding hydrogens is 285 g/mol. The van der Waals surface area contributed by atoms with Gasteiger partial charge in [-0.05, 0) is 37.7 Å². The number of carbonyl (C=O) groups is 1. The van der Waals surface area contributed by atoms with Crippen LogP contribution in [-0.4, -0.2) is 31.6 Å². The second-order valence-corrected chi connectivity index (χ2v) is 4.57. The molecule has 0 radical (unpaired) electrons. The Morgan fingerprint density at radius 1 is 1.29 bits per heavy atom. The van der Waals surface area contributed by atoms with Gasteiger partial charge in [-0.3, -0.25) is 4.79 Å². The number of alkyl halides is 3. The molecule has 0 bridgehead atoms. The van der Waals surface area contributed by atoms with Crippen molar-refractivity contribution in [2.45, 2.75) is 26.1 Å². The molecule has 2 N–H and O–H groups in total. The highest BCUT2D eigenvalue weighted by Gasteiger charge is 2.30. The molecule has 0 saturated carbocycles. The van der Waals surface area contributed by atoms with Crippen LogP contribution in [0.4, 0.5) is 13.2 Å². The first-order valence-corrected chi connectivity index (χ1v) is 6.63. The standard InChI is InChI=1S/C14H19F3N2O2/c1-3-18-10(2)8-19-13(20)9-21-12-6-4-11(5-7-12)14(15,16)17/h4-7,10,18H,3,8-9H2,1-2H3,(H,19,20)/t10-/m1/s1. The van der Waals surface area contributed by atoms with Crippen LogP contribution < -0.4 is 15.4 Å². The van der Waals surface area contributed by atoms with Crippen LogP contribution in [0, 0.1) is 0 Å². The maximum Gasteiger partial charge on any atom is 0.416 e. The zero-order valence-electron chi connectivity index (χ0n) is 12.0. The summed E-state index contributed by atoms with van der Waals surface area (Å²) in [6, 6.07) is 4.36. The van der Waals surface area contributed by atoms with Crippen molar-refractivity contribution in [2.24, 2.45) is 0 Å². The molecule has 0 unspecified atom stereocenters. The number of rotatable bonds is 7. The van der Waals surface area contributed by atoms with Gasteiger partial charge in [0, 0.05) is 12.6 Å². The van der Waals surface area contributed by atoms with E-state index in [4.69, 9.17) is 4.74 Å². The van der Waals surface area contributed by atoms with Gasteiger partial charge in [0.05, 0.1) is 5.56 Å². The summed E-state index contributed by atoms with van der Waals surface area (Å²) in [5, 5.41) is 5.80. The van der Waals surface area contributed by atoms with E-state index in [9.17, 15) is 18.0 Å². The first-order chi connectivity index (χ1) is 9.82. The number of nitrogens with one attached hydrogen (secondary N) is 2. The van der Waals surface area contributed by atoms with Crippen molar-refractivity contribution in [2.75, 3.05) is 19.7 Å². The van der Waals surface area contributed by atoms with E-state index in [-0.39, 0.29) is 24.3 Å². The zero-order chi connectivity index (χ0) is 15.9. The molecule has 4 nitrogen and oxygen atoms in total. The van der Waals surface area contributed by atoms with Gasteiger partial charge in [0.15, 0.2) is 6.61 Å². The van der Waals surface area contributed by atoms with E-state index in [1.807, 2.05) is 13.8 Å². The third kappa shape index (κ3) is 6.48. The molecule has 0 saturated heterocycles. The molecule has 1 aromatic carbocycles. The van der Waals surface area contributed by atoms with Gasteiger partial charge >= 0.3 is 6.18 Å². The quantitative estimate of drug-likeness (QED) is 0.812. The minimum Gasteiger partial charge on any atom is -0.484 e. The largest absolute Gasteiger partial charge is 0.484 e. The van der Waals surface area contributed by atoms with E-state index in [0.717, 1.165) is 18.7 Å². The predicted molar refractivity (Wildman–Crippen MR) is 73.1 cm³/mol. The van der Waals surface area contributed by atoms with Crippen molar-refractivity contribution in [3.63, 3.8) is 0 Å². The Morgan fingerprint density at radius 3 is 2.43 bits per heavy atom. The lowest BCUT2D eigenvalue weighted by atomic mass is 10.2. The Morgan fingerprint density at radius 2 is 1.90 bits per heavy atom. The monoisotopic (exact) mass is 304 g/mol. The third-order valence-corrected chi connectivity index (χ3v) is 2.71. The highest BCUT2D eigenvalue weighted by atomic mass is 19.4. The number of ether oxygens (including phenoxy) is 1. The number of hydrogen-bond donors (Lipinski definition) is 2. The minimum absolute atomic E-state index is 0.144. The van der Waals surface area contributed by atoms with Gasteiger partial charge in [-0.25, -0.2) is 0 Å². The molecule has 7 heteroatoms. The second-order valence-electron chi connectivity index (χ2n) is 4.57. The van der Waals surface area contributed by atoms with Crippen LogP contribution in [0.1, 0.15) is 19.4 Å². The lowest BCUT2D eigenvalue weighted by Crippen LogP contribution is -2.40. The Balaban J connectivity index is 2.36. The summed E-state index contributed by atoms with van der Waals surface area (Å²) in [6.07, 6.45) is -4.38. The molecule has 0 aliphatic rings. The van der Waals surface area contributed by atoms with Gasteiger partial charge in [-0.2, -0.15) is 13.2 Å². The molecule has 0 aliphatic carbocycles. The molecule has 0 spiro atoms. The smallest absolute Gasteiger partial charge is 0.416 e. The topological polar surface area (TPSA) is 50.4 Å². The fourth-order valence-corrected chi connectivity index (χ4v) is 1.63. The molecule has 1 amide bonds. The average molecular weight is 304 g/mol. The molecule has 118 valence electrons. The predicted octanol–water partition coefficient (Wildman–Crippen LogP) is 2.20. The maximum atomic E-state index is 12.4. The molecule has 0 aliphatic heterocycles. The van der Waals surface area contributed by atoms with Gasteiger partial charge < -0.3 is 15.4 Å². The van der Waals surface area contributed by atoms with E-state index >= 15 is 0 Å². The van der Waals surface area contributed by atoms with Crippen LogP contribution in [-0.2, 0) is 11.0 Å². The molecule has 0 heterocycles. The van der Waals surface area contributed by atoms with Crippen LogP contribution in [0.5, 0.6) is 5.75 Å². The summed E-state index contributed by atoms with van der Waals surface area (Å²) in [5.74, 6) is -0.0995. The molecule has 0 fully saturated rings. The second kappa shape index (κ2) is 7.87. The first-order valence-electron chi connectivity index (χ1n) is 6.63. The minimum atomic E-state index is -4.38. The fraction of sp³-hybridized carbons (Fsp3) is 0.500. The fourth-order valence-electron chi connectivity index (χ4n) is 1.63. The Hall–Kier alpha value is -1.76. The van der Waals surface area contributed by atoms with Crippen molar-refractivity contribution >= 4 is 5.91 Å². The highest BCUT2D eigenvalue weighted by Crippen LogP contribution is 2.30. The van der Waals surface area contributed by atoms with E-state index in [2.05, 4.69) is 10.6 Å². The van der Waals surface area contributed by atoms with E-state index in [1.165, 1.54) is 12.1 Å². The van der Waals surface area contributed by atoms with Gasteiger partial charge in [0.25, 0.3) is 5.91 Å².